The van der Waals surface area contributed by atoms with Crippen LogP contribution in [-0.2, 0) is 16.1 Å². The summed E-state index contributed by atoms with van der Waals surface area (Å²) in [6.07, 6.45) is 0.116. The summed E-state index contributed by atoms with van der Waals surface area (Å²) < 4.78 is 18.2. The molecule has 2 aromatic carbocycles. The van der Waals surface area contributed by atoms with Crippen molar-refractivity contribution in [3.05, 3.63) is 58.9 Å². The lowest BCUT2D eigenvalue weighted by Gasteiger charge is -2.20. The Hall–Kier alpha value is -2.60. The Morgan fingerprint density at radius 2 is 2.04 bits per heavy atom. The standard InChI is InChI=1S/C19H18ClFN2O3/c1-26-17-7-4-14(20)9-16(17)23-11-13(8-18(23)24)19(25)22-10-12-2-5-15(21)6-3-12/h2-7,9,13H,8,10-11H2,1H3,(H,22,25)/t13-/m0/s1. The smallest absolute Gasteiger partial charge is 0.227 e. The van der Waals surface area contributed by atoms with Crippen LogP contribution in [0.1, 0.15) is 12.0 Å². The molecular formula is C19H18ClFN2O3. The number of hydrogen-bond acceptors (Lipinski definition) is 3. The van der Waals surface area contributed by atoms with Crippen LogP contribution in [0.4, 0.5) is 10.1 Å². The van der Waals surface area contributed by atoms with Crippen LogP contribution in [-0.4, -0.2) is 25.5 Å². The molecule has 1 aliphatic heterocycles. The lowest BCUT2D eigenvalue weighted by molar-refractivity contribution is -0.126. The summed E-state index contributed by atoms with van der Waals surface area (Å²) in [6, 6.07) is 10.9. The third-order valence-corrected chi connectivity index (χ3v) is 4.54. The van der Waals surface area contributed by atoms with E-state index in [0.29, 0.717) is 16.5 Å². The number of hydrogen-bond donors (Lipinski definition) is 1. The van der Waals surface area contributed by atoms with E-state index in [4.69, 9.17) is 16.3 Å². The Balaban J connectivity index is 1.66. The maximum Gasteiger partial charge on any atom is 0.227 e. The SMILES string of the molecule is COc1ccc(Cl)cc1N1C[C@@H](C(=O)NCc2ccc(F)cc2)CC1=O. The lowest BCUT2D eigenvalue weighted by Crippen LogP contribution is -2.32. The summed E-state index contributed by atoms with van der Waals surface area (Å²) in [5.41, 5.74) is 1.34. The van der Waals surface area contributed by atoms with Gasteiger partial charge in [0.15, 0.2) is 0 Å². The van der Waals surface area contributed by atoms with Crippen LogP contribution in [0.25, 0.3) is 0 Å². The van der Waals surface area contributed by atoms with Gasteiger partial charge in [0, 0.05) is 24.5 Å². The van der Waals surface area contributed by atoms with Crippen molar-refractivity contribution in [3.8, 4) is 5.75 Å². The average Bonchev–Trinajstić information content (AvgIpc) is 3.02. The Kier molecular flexibility index (Phi) is 5.42. The van der Waals surface area contributed by atoms with Gasteiger partial charge in [-0.2, -0.15) is 0 Å². The Labute approximate surface area is 155 Å². The summed E-state index contributed by atoms with van der Waals surface area (Å²) in [4.78, 5) is 26.3. The number of carbonyl (C=O) groups is 2. The van der Waals surface area contributed by atoms with Gasteiger partial charge in [-0.15, -0.1) is 0 Å². The third-order valence-electron chi connectivity index (χ3n) is 4.31. The highest BCUT2D eigenvalue weighted by Gasteiger charge is 2.36. The molecule has 1 N–H and O–H groups in total. The van der Waals surface area contributed by atoms with Gasteiger partial charge in [-0.25, -0.2) is 4.39 Å². The molecule has 7 heteroatoms. The summed E-state index contributed by atoms with van der Waals surface area (Å²) in [7, 11) is 1.51. The number of carbonyl (C=O) groups excluding carboxylic acids is 2. The fourth-order valence-electron chi connectivity index (χ4n) is 2.93. The van der Waals surface area contributed by atoms with Gasteiger partial charge in [-0.3, -0.25) is 9.59 Å². The molecule has 136 valence electrons. The van der Waals surface area contributed by atoms with Gasteiger partial charge in [0.1, 0.15) is 11.6 Å². The zero-order valence-electron chi connectivity index (χ0n) is 14.2. The maximum absolute atomic E-state index is 12.9. The molecule has 0 unspecified atom stereocenters. The van der Waals surface area contributed by atoms with E-state index in [1.165, 1.54) is 24.1 Å². The van der Waals surface area contributed by atoms with Crippen molar-refractivity contribution in [3.63, 3.8) is 0 Å². The van der Waals surface area contributed by atoms with Crippen LogP contribution in [0, 0.1) is 11.7 Å². The molecule has 0 bridgehead atoms. The summed E-state index contributed by atoms with van der Waals surface area (Å²) >= 11 is 6.03. The highest BCUT2D eigenvalue weighted by molar-refractivity contribution is 6.31. The molecule has 1 saturated heterocycles. The molecule has 0 aromatic heterocycles. The second kappa shape index (κ2) is 7.74. The minimum atomic E-state index is -0.466. The first kappa shape index (κ1) is 18.2. The number of rotatable bonds is 5. The first-order chi connectivity index (χ1) is 12.5. The summed E-state index contributed by atoms with van der Waals surface area (Å²) in [6.45, 7) is 0.537. The topological polar surface area (TPSA) is 58.6 Å². The number of methoxy groups -OCH3 is 1. The molecule has 0 aliphatic carbocycles. The largest absolute Gasteiger partial charge is 0.495 e. The van der Waals surface area contributed by atoms with E-state index < -0.39 is 5.92 Å². The van der Waals surface area contributed by atoms with Crippen LogP contribution < -0.4 is 15.0 Å². The second-order valence-electron chi connectivity index (χ2n) is 6.07. The lowest BCUT2D eigenvalue weighted by atomic mass is 10.1. The highest BCUT2D eigenvalue weighted by Crippen LogP contribution is 2.35. The van der Waals surface area contributed by atoms with Crippen LogP contribution >= 0.6 is 11.6 Å². The molecule has 3 rings (SSSR count). The predicted molar refractivity (Wildman–Crippen MR) is 96.7 cm³/mol. The molecule has 0 spiro atoms. The van der Waals surface area contributed by atoms with Gasteiger partial charge in [0.25, 0.3) is 0 Å². The quantitative estimate of drug-likeness (QED) is 0.872. The molecular weight excluding hydrogens is 359 g/mol. The van der Waals surface area contributed by atoms with Crippen molar-refractivity contribution >= 4 is 29.1 Å². The van der Waals surface area contributed by atoms with Crippen molar-refractivity contribution < 1.29 is 18.7 Å². The zero-order chi connectivity index (χ0) is 18.7. The van der Waals surface area contributed by atoms with Gasteiger partial charge in [0.2, 0.25) is 11.8 Å². The second-order valence-corrected chi connectivity index (χ2v) is 6.50. The van der Waals surface area contributed by atoms with Crippen LogP contribution in [0.2, 0.25) is 5.02 Å². The molecule has 1 heterocycles. The van der Waals surface area contributed by atoms with Crippen molar-refractivity contribution in [2.75, 3.05) is 18.6 Å². The average molecular weight is 377 g/mol. The minimum absolute atomic E-state index is 0.116. The maximum atomic E-state index is 12.9. The fourth-order valence-corrected chi connectivity index (χ4v) is 3.09. The van der Waals surface area contributed by atoms with Crippen molar-refractivity contribution in [2.24, 2.45) is 5.92 Å². The van der Waals surface area contributed by atoms with E-state index >= 15 is 0 Å². The summed E-state index contributed by atoms with van der Waals surface area (Å²) in [5, 5.41) is 3.28. The molecule has 2 aromatic rings. The first-order valence-corrected chi connectivity index (χ1v) is 8.52. The Bertz CT molecular complexity index is 826. The summed E-state index contributed by atoms with van der Waals surface area (Å²) in [5.74, 6) is -0.645. The Morgan fingerprint density at radius 3 is 2.73 bits per heavy atom. The number of benzene rings is 2. The molecule has 1 atom stereocenters. The molecule has 5 nitrogen and oxygen atoms in total. The molecule has 0 saturated carbocycles. The number of ether oxygens (including phenoxy) is 1. The number of halogens is 2. The number of nitrogens with zero attached hydrogens (tertiary/aromatic N) is 1. The number of amides is 2. The van der Waals surface area contributed by atoms with E-state index in [9.17, 15) is 14.0 Å². The van der Waals surface area contributed by atoms with Gasteiger partial charge < -0.3 is 15.0 Å². The number of nitrogens with one attached hydrogen (secondary N) is 1. The van der Waals surface area contributed by atoms with Crippen LogP contribution in [0.5, 0.6) is 5.75 Å². The molecule has 26 heavy (non-hydrogen) atoms. The van der Waals surface area contributed by atoms with Crippen molar-refractivity contribution in [1.29, 1.82) is 0 Å². The normalized spacial score (nSPS) is 16.7. The van der Waals surface area contributed by atoms with Crippen LogP contribution in [0.15, 0.2) is 42.5 Å². The van der Waals surface area contributed by atoms with E-state index in [1.807, 2.05) is 0 Å². The van der Waals surface area contributed by atoms with E-state index in [-0.39, 0.29) is 37.1 Å². The minimum Gasteiger partial charge on any atom is -0.495 e. The zero-order valence-corrected chi connectivity index (χ0v) is 14.9. The van der Waals surface area contributed by atoms with Gasteiger partial charge in [-0.1, -0.05) is 23.7 Å². The van der Waals surface area contributed by atoms with Gasteiger partial charge in [-0.05, 0) is 35.9 Å². The van der Waals surface area contributed by atoms with E-state index in [1.54, 1.807) is 30.3 Å². The van der Waals surface area contributed by atoms with Crippen molar-refractivity contribution in [1.82, 2.24) is 5.32 Å². The van der Waals surface area contributed by atoms with Gasteiger partial charge in [0.05, 0.1) is 18.7 Å². The van der Waals surface area contributed by atoms with E-state index in [0.717, 1.165) is 5.56 Å². The first-order valence-electron chi connectivity index (χ1n) is 8.14. The molecule has 2 amide bonds. The molecule has 1 fully saturated rings. The third kappa shape index (κ3) is 3.96. The van der Waals surface area contributed by atoms with E-state index in [2.05, 4.69) is 5.32 Å². The van der Waals surface area contributed by atoms with Crippen LogP contribution in [0.3, 0.4) is 0 Å². The molecule has 0 radical (unpaired) electrons. The molecule has 1 aliphatic rings. The number of anilines is 1. The van der Waals surface area contributed by atoms with Crippen molar-refractivity contribution in [2.45, 2.75) is 13.0 Å². The highest BCUT2D eigenvalue weighted by atomic mass is 35.5. The fraction of sp³-hybridized carbons (Fsp3) is 0.263. The monoisotopic (exact) mass is 376 g/mol. The predicted octanol–water partition coefficient (Wildman–Crippen LogP) is 3.16. The van der Waals surface area contributed by atoms with Gasteiger partial charge >= 0.3 is 0 Å². The Morgan fingerprint density at radius 1 is 1.31 bits per heavy atom.